The molecule has 0 atom stereocenters. The van der Waals surface area contributed by atoms with E-state index >= 15 is 0 Å². The fourth-order valence-corrected chi connectivity index (χ4v) is 4.09. The van der Waals surface area contributed by atoms with Gasteiger partial charge in [0.05, 0.1) is 28.5 Å². The molecule has 9 heteroatoms. The third-order valence-corrected chi connectivity index (χ3v) is 5.76. The number of aromatic amines is 1. The first kappa shape index (κ1) is 22.6. The van der Waals surface area contributed by atoms with Crippen LogP contribution in [-0.4, -0.2) is 30.2 Å². The van der Waals surface area contributed by atoms with E-state index in [4.69, 9.17) is 12.2 Å². The van der Waals surface area contributed by atoms with Crippen molar-refractivity contribution in [1.29, 1.82) is 0 Å². The first-order valence-corrected chi connectivity index (χ1v) is 11.3. The fourth-order valence-electron chi connectivity index (χ4n) is 3.80. The number of H-pyrrole nitrogens is 1. The second-order valence-electron chi connectivity index (χ2n) is 8.04. The van der Waals surface area contributed by atoms with Gasteiger partial charge in [-0.05, 0) is 69.2 Å². The quantitative estimate of drug-likeness (QED) is 0.298. The molecule has 0 aliphatic heterocycles. The van der Waals surface area contributed by atoms with E-state index in [2.05, 4.69) is 20.4 Å². The largest absolute Gasteiger partial charge is 0.332 e. The summed E-state index contributed by atoms with van der Waals surface area (Å²) in [4.78, 5) is 32.4. The van der Waals surface area contributed by atoms with Crippen LogP contribution in [0, 0.1) is 18.6 Å². The zero-order chi connectivity index (χ0) is 23.4. The summed E-state index contributed by atoms with van der Waals surface area (Å²) in [7, 11) is 0. The third-order valence-electron chi connectivity index (χ3n) is 5.43. The molecule has 0 aliphatic carbocycles. The summed E-state index contributed by atoms with van der Waals surface area (Å²) in [6.07, 6.45) is 4.34. The van der Waals surface area contributed by atoms with Gasteiger partial charge in [0.1, 0.15) is 0 Å². The maximum absolute atomic E-state index is 12.7. The molecular formula is C24H26N6O2S. The predicted octanol–water partition coefficient (Wildman–Crippen LogP) is 4.46. The van der Waals surface area contributed by atoms with E-state index in [1.54, 1.807) is 21.5 Å². The van der Waals surface area contributed by atoms with Crippen LogP contribution in [-0.2, 0) is 11.3 Å². The van der Waals surface area contributed by atoms with Crippen LogP contribution in [0.3, 0.4) is 0 Å². The van der Waals surface area contributed by atoms with Crippen molar-refractivity contribution in [3.05, 3.63) is 75.2 Å². The number of hydrogen-bond donors (Lipinski definition) is 2. The van der Waals surface area contributed by atoms with Gasteiger partial charge in [-0.3, -0.25) is 14.2 Å². The molecule has 1 aromatic carbocycles. The minimum Gasteiger partial charge on any atom is -0.332 e. The molecule has 0 radical (unpaired) electrons. The molecule has 0 bridgehead atoms. The lowest BCUT2D eigenvalue weighted by Gasteiger charge is -2.09. The maximum atomic E-state index is 12.7. The molecule has 3 aromatic heterocycles. The van der Waals surface area contributed by atoms with Crippen LogP contribution in [0.5, 0.6) is 0 Å². The number of carbonyl (C=O) groups excluding carboxylic acids is 1. The lowest BCUT2D eigenvalue weighted by molar-refractivity contribution is -0.116. The van der Waals surface area contributed by atoms with E-state index < -0.39 is 0 Å². The van der Waals surface area contributed by atoms with Gasteiger partial charge < -0.3 is 10.3 Å². The Kier molecular flexibility index (Phi) is 6.79. The van der Waals surface area contributed by atoms with Gasteiger partial charge in [-0.15, -0.1) is 0 Å². The van der Waals surface area contributed by atoms with E-state index in [-0.39, 0.29) is 11.5 Å². The summed E-state index contributed by atoms with van der Waals surface area (Å²) >= 11 is 5.34. The zero-order valence-electron chi connectivity index (χ0n) is 18.7. The van der Waals surface area contributed by atoms with Crippen molar-refractivity contribution >= 4 is 34.7 Å². The number of nitrogens with one attached hydrogen (secondary N) is 2. The minimum atomic E-state index is -0.0801. The van der Waals surface area contributed by atoms with Crippen molar-refractivity contribution < 1.29 is 4.79 Å². The second-order valence-corrected chi connectivity index (χ2v) is 8.42. The van der Waals surface area contributed by atoms with E-state index in [1.807, 2.05) is 50.2 Å². The number of amides is 1. The minimum absolute atomic E-state index is 0.0594. The Balaban J connectivity index is 1.25. The highest BCUT2D eigenvalue weighted by atomic mass is 32.1. The number of hydrogen-bond acceptors (Lipinski definition) is 5. The summed E-state index contributed by atoms with van der Waals surface area (Å²) in [5.41, 5.74) is 3.25. The molecule has 0 saturated heterocycles. The van der Waals surface area contributed by atoms with Crippen LogP contribution in [0.4, 0.5) is 5.69 Å². The number of unbranched alkanes of at least 4 members (excludes halogenated alkanes) is 2. The van der Waals surface area contributed by atoms with Crippen molar-refractivity contribution in [3.63, 3.8) is 0 Å². The Morgan fingerprint density at radius 2 is 1.94 bits per heavy atom. The molecule has 0 unspecified atom stereocenters. The van der Waals surface area contributed by atoms with Crippen molar-refractivity contribution in [2.45, 2.75) is 46.1 Å². The van der Waals surface area contributed by atoms with Crippen LogP contribution in [0.25, 0.3) is 16.7 Å². The number of benzene rings is 1. The molecule has 2 N–H and O–H groups in total. The van der Waals surface area contributed by atoms with Crippen LogP contribution in [0.15, 0.2) is 53.5 Å². The average molecular weight is 463 g/mol. The average Bonchev–Trinajstić information content (AvgIpc) is 3.14. The van der Waals surface area contributed by atoms with E-state index in [0.29, 0.717) is 34.6 Å². The molecule has 3 heterocycles. The second kappa shape index (κ2) is 9.91. The van der Waals surface area contributed by atoms with Crippen LogP contribution in [0.1, 0.15) is 37.1 Å². The molecular weight excluding hydrogens is 436 g/mol. The smallest absolute Gasteiger partial charge is 0.262 e. The van der Waals surface area contributed by atoms with E-state index in [1.165, 1.54) is 0 Å². The number of nitrogens with zero attached hydrogens (tertiary/aromatic N) is 4. The number of carbonyl (C=O) groups is 1. The SMILES string of the molecule is Cc1cc(C)n(-c2ccc(NC(=O)CCCCCn3c(=S)[nH]c4ccccc4c3=O)cn2)n1. The molecule has 33 heavy (non-hydrogen) atoms. The Morgan fingerprint density at radius 1 is 1.12 bits per heavy atom. The van der Waals surface area contributed by atoms with Gasteiger partial charge in [-0.25, -0.2) is 9.67 Å². The van der Waals surface area contributed by atoms with Gasteiger partial charge in [-0.1, -0.05) is 18.6 Å². The molecule has 0 aliphatic rings. The normalized spacial score (nSPS) is 11.1. The number of anilines is 1. The number of pyridine rings is 1. The molecule has 0 saturated carbocycles. The monoisotopic (exact) mass is 462 g/mol. The Bertz CT molecular complexity index is 1400. The summed E-state index contributed by atoms with van der Waals surface area (Å²) in [5.74, 6) is 0.650. The molecule has 0 fully saturated rings. The van der Waals surface area contributed by atoms with Crippen molar-refractivity contribution in [2.24, 2.45) is 0 Å². The molecule has 8 nitrogen and oxygen atoms in total. The maximum Gasteiger partial charge on any atom is 0.262 e. The van der Waals surface area contributed by atoms with Crippen LogP contribution < -0.4 is 10.9 Å². The Hall–Kier alpha value is -3.59. The van der Waals surface area contributed by atoms with E-state index in [0.717, 1.165) is 36.2 Å². The number of aromatic nitrogens is 5. The standard InChI is InChI=1S/C24H26N6O2S/c1-16-14-17(2)30(28-16)21-12-11-18(15-25-21)26-22(31)10-4-3-7-13-29-23(32)19-8-5-6-9-20(19)27-24(29)33/h5-6,8-9,11-12,14-15H,3-4,7,10,13H2,1-2H3,(H,26,31)(H,27,33). The third kappa shape index (κ3) is 5.25. The molecule has 0 spiro atoms. The zero-order valence-corrected chi connectivity index (χ0v) is 19.5. The van der Waals surface area contributed by atoms with Crippen molar-refractivity contribution in [1.82, 2.24) is 24.3 Å². The Morgan fingerprint density at radius 3 is 2.67 bits per heavy atom. The molecule has 1 amide bonds. The number of fused-ring (bicyclic) bond motifs is 1. The van der Waals surface area contributed by atoms with Gasteiger partial charge in [0.15, 0.2) is 10.6 Å². The number of aryl methyl sites for hydroxylation is 2. The highest BCUT2D eigenvalue weighted by Crippen LogP contribution is 2.13. The summed E-state index contributed by atoms with van der Waals surface area (Å²) < 4.78 is 3.79. The van der Waals surface area contributed by atoms with Gasteiger partial charge in [0, 0.05) is 18.7 Å². The highest BCUT2D eigenvalue weighted by molar-refractivity contribution is 7.71. The first-order chi connectivity index (χ1) is 15.9. The van der Waals surface area contributed by atoms with Gasteiger partial charge in [-0.2, -0.15) is 5.10 Å². The fraction of sp³-hybridized carbons (Fsp3) is 0.292. The van der Waals surface area contributed by atoms with Crippen molar-refractivity contribution in [3.8, 4) is 5.82 Å². The van der Waals surface area contributed by atoms with Crippen LogP contribution >= 0.6 is 12.2 Å². The van der Waals surface area contributed by atoms with Crippen LogP contribution in [0.2, 0.25) is 0 Å². The highest BCUT2D eigenvalue weighted by Gasteiger charge is 2.08. The lowest BCUT2D eigenvalue weighted by atomic mass is 10.2. The molecule has 170 valence electrons. The lowest BCUT2D eigenvalue weighted by Crippen LogP contribution is -2.22. The summed E-state index contributed by atoms with van der Waals surface area (Å²) in [5, 5.41) is 7.92. The van der Waals surface area contributed by atoms with Gasteiger partial charge in [0.2, 0.25) is 5.91 Å². The topological polar surface area (TPSA) is 97.6 Å². The van der Waals surface area contributed by atoms with E-state index in [9.17, 15) is 9.59 Å². The van der Waals surface area contributed by atoms with Gasteiger partial charge >= 0.3 is 0 Å². The molecule has 4 aromatic rings. The van der Waals surface area contributed by atoms with Gasteiger partial charge in [0.25, 0.3) is 5.56 Å². The summed E-state index contributed by atoms with van der Waals surface area (Å²) in [6, 6.07) is 13.0. The van der Waals surface area contributed by atoms with Crippen molar-refractivity contribution in [2.75, 3.05) is 5.32 Å². The first-order valence-electron chi connectivity index (χ1n) is 10.9. The number of para-hydroxylation sites is 1. The Labute approximate surface area is 196 Å². The predicted molar refractivity (Wildman–Crippen MR) is 131 cm³/mol. The number of rotatable bonds is 8. The molecule has 4 rings (SSSR count). The summed E-state index contributed by atoms with van der Waals surface area (Å²) in [6.45, 7) is 4.44.